The van der Waals surface area contributed by atoms with Crippen molar-refractivity contribution in [1.82, 2.24) is 15.6 Å². The van der Waals surface area contributed by atoms with Crippen LogP contribution in [0.15, 0.2) is 65.8 Å². The van der Waals surface area contributed by atoms with Crippen molar-refractivity contribution in [3.05, 3.63) is 77.8 Å². The van der Waals surface area contributed by atoms with Crippen molar-refractivity contribution in [1.29, 1.82) is 0 Å². The highest BCUT2D eigenvalue weighted by Crippen LogP contribution is 2.20. The molecule has 0 aliphatic carbocycles. The number of aliphatic imine (C=N–C) groups is 1. The Kier molecular flexibility index (Phi) is 6.32. The summed E-state index contributed by atoms with van der Waals surface area (Å²) < 4.78 is 13.6. The molecular formula is C24H28FN5. The van der Waals surface area contributed by atoms with Crippen LogP contribution in [0.2, 0.25) is 0 Å². The molecule has 1 aliphatic heterocycles. The van der Waals surface area contributed by atoms with Crippen LogP contribution in [0.4, 0.5) is 10.1 Å². The average molecular weight is 406 g/mol. The lowest BCUT2D eigenvalue weighted by Gasteiger charge is -2.17. The molecule has 3 N–H and O–H groups in total. The summed E-state index contributed by atoms with van der Waals surface area (Å²) in [7, 11) is 0. The van der Waals surface area contributed by atoms with Crippen LogP contribution in [-0.2, 0) is 13.0 Å². The summed E-state index contributed by atoms with van der Waals surface area (Å²) in [5.74, 6) is 0.578. The molecule has 5 nitrogen and oxygen atoms in total. The Morgan fingerprint density at radius 2 is 1.90 bits per heavy atom. The van der Waals surface area contributed by atoms with Crippen LogP contribution in [0.25, 0.3) is 10.9 Å². The monoisotopic (exact) mass is 405 g/mol. The molecule has 3 aromatic rings. The number of hydrogen-bond donors (Lipinski definition) is 3. The van der Waals surface area contributed by atoms with Gasteiger partial charge >= 0.3 is 0 Å². The molecule has 2 heterocycles. The number of hydrogen-bond acceptors (Lipinski definition) is 2. The number of H-pyrrole nitrogens is 1. The van der Waals surface area contributed by atoms with Gasteiger partial charge in [-0.1, -0.05) is 24.3 Å². The van der Waals surface area contributed by atoms with Crippen molar-refractivity contribution in [3.63, 3.8) is 0 Å². The number of anilines is 1. The van der Waals surface area contributed by atoms with Crippen LogP contribution in [0.5, 0.6) is 0 Å². The number of aromatic nitrogens is 1. The number of guanidine groups is 1. The summed E-state index contributed by atoms with van der Waals surface area (Å²) in [4.78, 5) is 10.2. The van der Waals surface area contributed by atoms with Crippen molar-refractivity contribution in [2.45, 2.75) is 19.9 Å². The van der Waals surface area contributed by atoms with Gasteiger partial charge in [-0.15, -0.1) is 0 Å². The van der Waals surface area contributed by atoms with Gasteiger partial charge in [0.1, 0.15) is 5.82 Å². The van der Waals surface area contributed by atoms with Gasteiger partial charge in [-0.2, -0.15) is 0 Å². The number of nitrogens with zero attached hydrogens (tertiary/aromatic N) is 2. The largest absolute Gasteiger partial charge is 0.364 e. The molecule has 0 spiro atoms. The van der Waals surface area contributed by atoms with E-state index in [9.17, 15) is 4.39 Å². The van der Waals surface area contributed by atoms with Gasteiger partial charge in [0.25, 0.3) is 0 Å². The summed E-state index contributed by atoms with van der Waals surface area (Å²) >= 11 is 0. The van der Waals surface area contributed by atoms with Crippen molar-refractivity contribution < 1.29 is 4.39 Å². The molecular weight excluding hydrogens is 377 g/mol. The van der Waals surface area contributed by atoms with Gasteiger partial charge < -0.3 is 20.5 Å². The second kappa shape index (κ2) is 9.48. The third kappa shape index (κ3) is 4.82. The molecule has 0 amide bonds. The minimum atomic E-state index is -0.210. The minimum absolute atomic E-state index is 0.210. The molecule has 0 bridgehead atoms. The van der Waals surface area contributed by atoms with Gasteiger partial charge in [0.05, 0.1) is 6.54 Å². The van der Waals surface area contributed by atoms with Gasteiger partial charge in [0.2, 0.25) is 0 Å². The number of fused-ring (bicyclic) bond motifs is 1. The molecule has 30 heavy (non-hydrogen) atoms. The Hall–Kier alpha value is -3.28. The standard InChI is InChI=1S/C24H28FN5/c1-2-26-24(27-12-11-19-17-28-23-10-7-20(25)15-22(19)23)29-16-18-5-8-21(9-6-18)30-13-3-4-14-30/h3-10,15,17,28H,2,11-14,16H2,1H3,(H2,26,27,29). The molecule has 6 heteroatoms. The van der Waals surface area contributed by atoms with Crippen molar-refractivity contribution in [2.75, 3.05) is 31.1 Å². The van der Waals surface area contributed by atoms with E-state index in [1.807, 2.05) is 6.20 Å². The second-order valence-electron chi connectivity index (χ2n) is 7.42. The van der Waals surface area contributed by atoms with E-state index >= 15 is 0 Å². The maximum Gasteiger partial charge on any atom is 0.191 e. The third-order valence-electron chi connectivity index (χ3n) is 5.30. The van der Waals surface area contributed by atoms with Crippen LogP contribution in [-0.4, -0.2) is 37.1 Å². The Balaban J connectivity index is 1.33. The molecule has 4 rings (SSSR count). The first-order chi connectivity index (χ1) is 14.7. The summed E-state index contributed by atoms with van der Waals surface area (Å²) in [5.41, 5.74) is 4.48. The molecule has 0 atom stereocenters. The normalized spacial score (nSPS) is 13.9. The molecule has 0 saturated heterocycles. The fraction of sp³-hybridized carbons (Fsp3) is 0.292. The predicted molar refractivity (Wildman–Crippen MR) is 123 cm³/mol. The van der Waals surface area contributed by atoms with E-state index in [2.05, 4.69) is 63.9 Å². The summed E-state index contributed by atoms with van der Waals surface area (Å²) in [5, 5.41) is 7.61. The van der Waals surface area contributed by atoms with E-state index in [4.69, 9.17) is 4.99 Å². The number of halogens is 1. The van der Waals surface area contributed by atoms with Crippen molar-refractivity contribution >= 4 is 22.5 Å². The van der Waals surface area contributed by atoms with Crippen molar-refractivity contribution in [3.8, 4) is 0 Å². The zero-order valence-electron chi connectivity index (χ0n) is 17.3. The number of benzene rings is 2. The van der Waals surface area contributed by atoms with E-state index in [1.165, 1.54) is 17.3 Å². The first-order valence-electron chi connectivity index (χ1n) is 10.5. The van der Waals surface area contributed by atoms with Crippen LogP contribution in [0.1, 0.15) is 18.1 Å². The quantitative estimate of drug-likeness (QED) is 0.317. The molecule has 0 unspecified atom stereocenters. The molecule has 1 aliphatic rings. The van der Waals surface area contributed by atoms with E-state index in [-0.39, 0.29) is 5.82 Å². The minimum Gasteiger partial charge on any atom is -0.364 e. The zero-order chi connectivity index (χ0) is 20.8. The lowest BCUT2D eigenvalue weighted by Crippen LogP contribution is -2.38. The van der Waals surface area contributed by atoms with E-state index in [0.29, 0.717) is 6.54 Å². The first-order valence-corrected chi connectivity index (χ1v) is 10.5. The zero-order valence-corrected chi connectivity index (χ0v) is 17.3. The Bertz CT molecular complexity index is 1030. The number of aromatic amines is 1. The third-order valence-corrected chi connectivity index (χ3v) is 5.30. The van der Waals surface area contributed by atoms with E-state index in [0.717, 1.165) is 55.0 Å². The van der Waals surface area contributed by atoms with Crippen LogP contribution >= 0.6 is 0 Å². The fourth-order valence-corrected chi connectivity index (χ4v) is 3.69. The molecule has 2 aromatic carbocycles. The number of nitrogens with one attached hydrogen (secondary N) is 3. The van der Waals surface area contributed by atoms with Gasteiger partial charge in [-0.3, -0.25) is 0 Å². The van der Waals surface area contributed by atoms with Crippen LogP contribution < -0.4 is 15.5 Å². The maximum absolute atomic E-state index is 13.6. The molecule has 0 fully saturated rings. The molecule has 1 aromatic heterocycles. The lowest BCUT2D eigenvalue weighted by molar-refractivity contribution is 0.629. The fourth-order valence-electron chi connectivity index (χ4n) is 3.69. The van der Waals surface area contributed by atoms with E-state index < -0.39 is 0 Å². The topological polar surface area (TPSA) is 55.5 Å². The highest BCUT2D eigenvalue weighted by Gasteiger charge is 2.08. The van der Waals surface area contributed by atoms with Gasteiger partial charge in [0, 0.05) is 49.0 Å². The summed E-state index contributed by atoms with van der Waals surface area (Å²) in [6.45, 7) is 6.15. The van der Waals surface area contributed by atoms with E-state index in [1.54, 1.807) is 12.1 Å². The maximum atomic E-state index is 13.6. The molecule has 156 valence electrons. The van der Waals surface area contributed by atoms with Crippen molar-refractivity contribution in [2.24, 2.45) is 4.99 Å². The lowest BCUT2D eigenvalue weighted by atomic mass is 10.1. The Morgan fingerprint density at radius 3 is 2.67 bits per heavy atom. The van der Waals surface area contributed by atoms with Gasteiger partial charge in [-0.05, 0) is 54.8 Å². The highest BCUT2D eigenvalue weighted by atomic mass is 19.1. The summed E-state index contributed by atoms with van der Waals surface area (Å²) in [6, 6.07) is 13.4. The Labute approximate surface area is 176 Å². The molecule has 0 saturated carbocycles. The Morgan fingerprint density at radius 1 is 1.10 bits per heavy atom. The SMILES string of the molecule is CCNC(=NCc1ccc(N2CC=CC2)cc1)NCCc1c[nH]c2ccc(F)cc12. The second-order valence-corrected chi connectivity index (χ2v) is 7.42. The van der Waals surface area contributed by atoms with Gasteiger partial charge in [-0.25, -0.2) is 9.38 Å². The van der Waals surface area contributed by atoms with Crippen LogP contribution in [0, 0.1) is 5.82 Å². The number of rotatable bonds is 7. The summed E-state index contributed by atoms with van der Waals surface area (Å²) in [6.07, 6.45) is 7.12. The van der Waals surface area contributed by atoms with Crippen LogP contribution in [0.3, 0.4) is 0 Å². The average Bonchev–Trinajstić information content (AvgIpc) is 3.43. The predicted octanol–water partition coefficient (Wildman–Crippen LogP) is 3.98. The van der Waals surface area contributed by atoms with Gasteiger partial charge in [0.15, 0.2) is 5.96 Å². The highest BCUT2D eigenvalue weighted by molar-refractivity contribution is 5.83. The molecule has 0 radical (unpaired) electrons. The first kappa shape index (κ1) is 20.0. The smallest absolute Gasteiger partial charge is 0.191 e.